The van der Waals surface area contributed by atoms with E-state index in [-0.39, 0.29) is 0 Å². The van der Waals surface area contributed by atoms with Crippen LogP contribution in [-0.2, 0) is 16.4 Å². The second kappa shape index (κ2) is 13.4. The van der Waals surface area contributed by atoms with E-state index < -0.39 is 13.2 Å². The van der Waals surface area contributed by atoms with Crippen molar-refractivity contribution in [2.24, 2.45) is 0 Å². The molecule has 0 fully saturated rings. The molecule has 0 aliphatic rings. The quantitative estimate of drug-likeness (QED) is 0.120. The molecule has 10 rings (SSSR count). The predicted octanol–water partition coefficient (Wildman–Crippen LogP) is 9.86. The maximum atomic E-state index is 15.5. The second-order valence-corrected chi connectivity index (χ2v) is 21.0. The van der Waals surface area contributed by atoms with Crippen LogP contribution < -0.4 is 31.8 Å². The van der Waals surface area contributed by atoms with Crippen molar-refractivity contribution in [1.29, 1.82) is 0 Å². The molecule has 0 N–H and O–H groups in total. The third-order valence-corrected chi connectivity index (χ3v) is 18.8. The Morgan fingerprint density at radius 3 is 1.45 bits per heavy atom. The number of nitrogens with zero attached hydrogens (tertiary/aromatic N) is 2. The number of hydrogen-bond donors (Lipinski definition) is 0. The molecular weight excluding hydrogens is 727 g/mol. The Balaban J connectivity index is 1.18. The number of imidazole rings is 1. The fraction of sp³-hybridized carbons (Fsp3) is 0. The summed E-state index contributed by atoms with van der Waals surface area (Å²) in [5, 5.41) is 9.26. The fourth-order valence-electron chi connectivity index (χ4n) is 8.03. The Morgan fingerprint density at radius 2 is 0.873 bits per heavy atom. The summed E-state index contributed by atoms with van der Waals surface area (Å²) >= 11 is 6.64. The monoisotopic (exact) mass is 760 g/mol. The zero-order chi connectivity index (χ0) is 37.0. The van der Waals surface area contributed by atoms with E-state index in [0.29, 0.717) is 0 Å². The Hall–Kier alpha value is -5.89. The number of pyridine rings is 1. The maximum absolute atomic E-state index is 15.5. The third kappa shape index (κ3) is 5.44. The van der Waals surface area contributed by atoms with Crippen LogP contribution in [0.1, 0.15) is 0 Å². The van der Waals surface area contributed by atoms with Crippen molar-refractivity contribution < 1.29 is 4.57 Å². The average Bonchev–Trinajstić information content (AvgIpc) is 3.67. The van der Waals surface area contributed by atoms with Crippen molar-refractivity contribution in [3.8, 4) is 11.1 Å². The minimum absolute atomic E-state index is 0.778. The molecule has 55 heavy (non-hydrogen) atoms. The van der Waals surface area contributed by atoms with Gasteiger partial charge in [-0.05, 0) is 56.7 Å². The molecule has 0 saturated carbocycles. The Bertz CT molecular complexity index is 3040. The molecule has 2 aromatic heterocycles. The van der Waals surface area contributed by atoms with Crippen LogP contribution in [0.2, 0.25) is 0 Å². The Labute approximate surface area is 325 Å². The molecule has 0 amide bonds. The first-order valence-corrected chi connectivity index (χ1v) is 22.9. The Morgan fingerprint density at radius 1 is 0.400 bits per heavy atom. The largest absolute Gasteiger partial charge is 0.309 e. The summed E-state index contributed by atoms with van der Waals surface area (Å²) in [5.74, 6) is 0. The van der Waals surface area contributed by atoms with Crippen molar-refractivity contribution in [3.63, 3.8) is 0 Å². The van der Waals surface area contributed by atoms with Crippen LogP contribution in [0.5, 0.6) is 0 Å². The highest BCUT2D eigenvalue weighted by Crippen LogP contribution is 2.45. The molecule has 0 spiro atoms. The van der Waals surface area contributed by atoms with Gasteiger partial charge in [-0.15, -0.1) is 0 Å². The zero-order valence-electron chi connectivity index (χ0n) is 29.7. The third-order valence-electron chi connectivity index (χ3n) is 10.7. The molecule has 0 aliphatic heterocycles. The van der Waals surface area contributed by atoms with E-state index in [9.17, 15) is 0 Å². The van der Waals surface area contributed by atoms with E-state index in [1.54, 1.807) is 0 Å². The SMILES string of the molecule is O=P(c1ccccc1)(c1ccccc1)c1ccc2nc3c4ccccc4c4ccc(-c5ccc(P(=S)(c6ccccc6)c6ccccc6)cc5)cc4n3c2c1. The summed E-state index contributed by atoms with van der Waals surface area (Å²) in [7, 11) is -3.21. The number of fused-ring (bicyclic) bond motifs is 8. The minimum atomic E-state index is -3.21. The van der Waals surface area contributed by atoms with Gasteiger partial charge < -0.3 is 4.57 Å². The predicted molar refractivity (Wildman–Crippen MR) is 239 cm³/mol. The van der Waals surface area contributed by atoms with Crippen LogP contribution in [0.15, 0.2) is 206 Å². The summed E-state index contributed by atoms with van der Waals surface area (Å²) in [4.78, 5) is 5.23. The highest BCUT2D eigenvalue weighted by Gasteiger charge is 2.30. The van der Waals surface area contributed by atoms with E-state index in [2.05, 4.69) is 126 Å². The van der Waals surface area contributed by atoms with Gasteiger partial charge in [-0.3, -0.25) is 4.40 Å². The second-order valence-electron chi connectivity index (χ2n) is 13.8. The first-order chi connectivity index (χ1) is 27.0. The van der Waals surface area contributed by atoms with E-state index >= 15 is 4.57 Å². The summed E-state index contributed by atoms with van der Waals surface area (Å²) in [6, 6.07) is 68.7. The van der Waals surface area contributed by atoms with Crippen molar-refractivity contribution >= 4 is 95.2 Å². The van der Waals surface area contributed by atoms with E-state index in [4.69, 9.17) is 16.8 Å². The normalized spacial score (nSPS) is 12.1. The van der Waals surface area contributed by atoms with Crippen molar-refractivity contribution in [2.75, 3.05) is 0 Å². The molecule has 0 bridgehead atoms. The molecule has 262 valence electrons. The van der Waals surface area contributed by atoms with Gasteiger partial charge in [0.25, 0.3) is 0 Å². The van der Waals surface area contributed by atoms with Gasteiger partial charge in [-0.1, -0.05) is 194 Å². The fourth-order valence-corrected chi connectivity index (χ4v) is 14.4. The highest BCUT2D eigenvalue weighted by atomic mass is 32.4. The molecule has 10 aromatic rings. The summed E-state index contributed by atoms with van der Waals surface area (Å²) in [5.41, 5.74) is 5.91. The molecule has 0 atom stereocenters. The summed E-state index contributed by atoms with van der Waals surface area (Å²) in [6.07, 6.45) is 0. The van der Waals surface area contributed by atoms with Crippen LogP contribution in [0.4, 0.5) is 0 Å². The molecule has 0 saturated heterocycles. The molecule has 0 radical (unpaired) electrons. The van der Waals surface area contributed by atoms with Crippen LogP contribution in [-0.4, -0.2) is 9.38 Å². The number of rotatable bonds is 7. The number of benzene rings is 8. The zero-order valence-corrected chi connectivity index (χ0v) is 32.3. The van der Waals surface area contributed by atoms with Gasteiger partial charge in [0.2, 0.25) is 0 Å². The highest BCUT2D eigenvalue weighted by molar-refractivity contribution is 8.25. The lowest BCUT2D eigenvalue weighted by atomic mass is 10.0. The van der Waals surface area contributed by atoms with Gasteiger partial charge in [0, 0.05) is 32.7 Å². The molecule has 3 nitrogen and oxygen atoms in total. The smallest absolute Gasteiger partial charge is 0.171 e. The molecule has 6 heteroatoms. The van der Waals surface area contributed by atoms with E-state index in [1.807, 2.05) is 84.9 Å². The van der Waals surface area contributed by atoms with Gasteiger partial charge in [0.1, 0.15) is 5.65 Å². The van der Waals surface area contributed by atoms with Crippen molar-refractivity contribution in [2.45, 2.75) is 0 Å². The molecule has 0 unspecified atom stereocenters. The van der Waals surface area contributed by atoms with Crippen LogP contribution >= 0.6 is 13.2 Å². The molecule has 0 aliphatic carbocycles. The lowest BCUT2D eigenvalue weighted by molar-refractivity contribution is 0.592. The minimum Gasteiger partial charge on any atom is -0.309 e. The van der Waals surface area contributed by atoms with Gasteiger partial charge >= 0.3 is 0 Å². The van der Waals surface area contributed by atoms with Crippen LogP contribution in [0, 0.1) is 0 Å². The number of hydrogen-bond acceptors (Lipinski definition) is 3. The molecule has 2 heterocycles. The van der Waals surface area contributed by atoms with Crippen LogP contribution in [0.25, 0.3) is 49.5 Å². The topological polar surface area (TPSA) is 34.4 Å². The summed E-state index contributed by atoms with van der Waals surface area (Å²) < 4.78 is 17.7. The van der Waals surface area contributed by atoms with Gasteiger partial charge in [0.15, 0.2) is 7.14 Å². The lowest BCUT2D eigenvalue weighted by Gasteiger charge is -2.24. The Kier molecular flexibility index (Phi) is 8.23. The van der Waals surface area contributed by atoms with Gasteiger partial charge in [0.05, 0.1) is 16.6 Å². The first kappa shape index (κ1) is 33.7. The lowest BCUT2D eigenvalue weighted by Crippen LogP contribution is -2.24. The van der Waals surface area contributed by atoms with Gasteiger partial charge in [-0.25, -0.2) is 4.98 Å². The van der Waals surface area contributed by atoms with E-state index in [1.165, 1.54) is 10.6 Å². The van der Waals surface area contributed by atoms with Crippen molar-refractivity contribution in [1.82, 2.24) is 9.38 Å². The molecular formula is C49H34N2OP2S. The standard InChI is InChI=1S/C49H34N2OP2S/c52-53(37-15-5-1-6-16-37,38-17-7-2-8-18-38)42-30-32-46-48(34-42)51-47-33-36(27-31-44(47)43-23-13-14-24-45(43)49(51)50-46)35-25-28-41(29-26-35)54(55,39-19-9-3-10-20-39)40-21-11-4-12-22-40/h1-34H. The molecule has 8 aromatic carbocycles. The van der Waals surface area contributed by atoms with E-state index in [0.717, 1.165) is 70.7 Å². The van der Waals surface area contributed by atoms with Gasteiger partial charge in [-0.2, -0.15) is 0 Å². The number of aromatic nitrogens is 2. The maximum Gasteiger partial charge on any atom is 0.171 e. The average molecular weight is 761 g/mol. The van der Waals surface area contributed by atoms with Crippen LogP contribution in [0.3, 0.4) is 0 Å². The first-order valence-electron chi connectivity index (χ1n) is 18.3. The van der Waals surface area contributed by atoms with Crippen molar-refractivity contribution in [3.05, 3.63) is 206 Å². The summed E-state index contributed by atoms with van der Waals surface area (Å²) in [6.45, 7) is 0.